The average Bonchev–Trinajstić information content (AvgIpc) is 2.93. The van der Waals surface area contributed by atoms with Crippen molar-refractivity contribution < 1.29 is 9.90 Å². The van der Waals surface area contributed by atoms with E-state index in [2.05, 4.69) is 25.7 Å². The van der Waals surface area contributed by atoms with Gasteiger partial charge in [0.25, 0.3) is 5.56 Å². The summed E-state index contributed by atoms with van der Waals surface area (Å²) in [5, 5.41) is 26.9. The zero-order chi connectivity index (χ0) is 15.5. The van der Waals surface area contributed by atoms with Crippen LogP contribution in [0.4, 0.5) is 0 Å². The number of aromatic amines is 1. The van der Waals surface area contributed by atoms with Crippen LogP contribution < -0.4 is 5.56 Å². The molecular formula is C12H16N6O3. The second-order valence-corrected chi connectivity index (χ2v) is 4.76. The van der Waals surface area contributed by atoms with E-state index in [0.29, 0.717) is 24.4 Å². The van der Waals surface area contributed by atoms with E-state index in [0.717, 1.165) is 0 Å². The minimum atomic E-state index is -0.938. The van der Waals surface area contributed by atoms with Gasteiger partial charge in [0.2, 0.25) is 5.82 Å². The van der Waals surface area contributed by atoms with E-state index in [1.165, 1.54) is 16.8 Å². The van der Waals surface area contributed by atoms with Crippen molar-refractivity contribution in [1.82, 2.24) is 30.4 Å². The lowest BCUT2D eigenvalue weighted by atomic mass is 9.82. The summed E-state index contributed by atoms with van der Waals surface area (Å²) in [6, 6.07) is 2.80. The van der Waals surface area contributed by atoms with E-state index < -0.39 is 11.4 Å². The Morgan fingerprint density at radius 2 is 2.10 bits per heavy atom. The van der Waals surface area contributed by atoms with Crippen molar-refractivity contribution in [3.8, 4) is 11.5 Å². The number of carboxylic acids is 1. The van der Waals surface area contributed by atoms with Crippen LogP contribution in [0.15, 0.2) is 16.9 Å². The molecule has 0 atom stereocenters. The average molecular weight is 292 g/mol. The van der Waals surface area contributed by atoms with Crippen molar-refractivity contribution >= 4 is 5.97 Å². The van der Waals surface area contributed by atoms with Gasteiger partial charge in [0.1, 0.15) is 5.69 Å². The summed E-state index contributed by atoms with van der Waals surface area (Å²) in [5.41, 5.74) is -0.891. The number of H-pyrrole nitrogens is 1. The molecule has 0 radical (unpaired) electrons. The van der Waals surface area contributed by atoms with Crippen LogP contribution in [0.25, 0.3) is 11.5 Å². The third-order valence-electron chi connectivity index (χ3n) is 3.70. The van der Waals surface area contributed by atoms with Crippen LogP contribution in [0.5, 0.6) is 0 Å². The summed E-state index contributed by atoms with van der Waals surface area (Å²) in [6.45, 7) is 3.78. The predicted octanol–water partition coefficient (Wildman–Crippen LogP) is 0.314. The number of hydrogen-bond donors (Lipinski definition) is 2. The van der Waals surface area contributed by atoms with Gasteiger partial charge in [-0.25, -0.2) is 9.78 Å². The molecule has 2 rings (SSSR count). The Bertz CT molecular complexity index is 668. The van der Waals surface area contributed by atoms with Gasteiger partial charge in [0, 0.05) is 6.07 Å². The lowest BCUT2D eigenvalue weighted by molar-refractivity contribution is -0.150. The summed E-state index contributed by atoms with van der Waals surface area (Å²) < 4.78 is 1.40. The lowest BCUT2D eigenvalue weighted by Gasteiger charge is -2.26. The van der Waals surface area contributed by atoms with Gasteiger partial charge in [-0.1, -0.05) is 13.8 Å². The molecule has 2 aromatic rings. The van der Waals surface area contributed by atoms with Gasteiger partial charge in [-0.2, -0.15) is 5.10 Å². The standard InChI is InChI=1S/C12H16N6O3/c1-3-12(4-2,11(20)21)7-18-10(15-16-17-18)8-5-6-9(19)14-13-8/h5-6H,3-4,7H2,1-2H3,(H,14,19)(H,20,21). The third kappa shape index (κ3) is 2.81. The lowest BCUT2D eigenvalue weighted by Crippen LogP contribution is -2.35. The molecule has 0 saturated carbocycles. The Balaban J connectivity index is 2.38. The Morgan fingerprint density at radius 3 is 2.62 bits per heavy atom. The molecule has 2 aromatic heterocycles. The van der Waals surface area contributed by atoms with Crippen molar-refractivity contribution in [3.63, 3.8) is 0 Å². The molecule has 9 nitrogen and oxygen atoms in total. The number of aromatic nitrogens is 6. The van der Waals surface area contributed by atoms with Crippen molar-refractivity contribution in [3.05, 3.63) is 22.5 Å². The fourth-order valence-corrected chi connectivity index (χ4v) is 2.09. The molecule has 2 heterocycles. The molecule has 0 aromatic carbocycles. The molecule has 0 saturated heterocycles. The molecule has 9 heteroatoms. The molecule has 0 aliphatic rings. The number of nitrogens with zero attached hydrogens (tertiary/aromatic N) is 5. The topological polar surface area (TPSA) is 127 Å². The van der Waals surface area contributed by atoms with Gasteiger partial charge in [0.15, 0.2) is 0 Å². The number of carbonyl (C=O) groups is 1. The van der Waals surface area contributed by atoms with Crippen LogP contribution >= 0.6 is 0 Å². The molecule has 0 bridgehead atoms. The molecule has 21 heavy (non-hydrogen) atoms. The molecule has 0 spiro atoms. The number of aliphatic carboxylic acids is 1. The molecule has 0 unspecified atom stereocenters. The minimum absolute atomic E-state index is 0.137. The van der Waals surface area contributed by atoms with Crippen LogP contribution in [0.1, 0.15) is 26.7 Å². The van der Waals surface area contributed by atoms with E-state index in [4.69, 9.17) is 0 Å². The molecule has 2 N–H and O–H groups in total. The van der Waals surface area contributed by atoms with Crippen molar-refractivity contribution in [2.75, 3.05) is 0 Å². The van der Waals surface area contributed by atoms with Crippen molar-refractivity contribution in [1.29, 1.82) is 0 Å². The Labute approximate surface area is 120 Å². The van der Waals surface area contributed by atoms with Gasteiger partial charge >= 0.3 is 5.97 Å². The Morgan fingerprint density at radius 1 is 1.38 bits per heavy atom. The van der Waals surface area contributed by atoms with Gasteiger partial charge in [0.05, 0.1) is 12.0 Å². The van der Waals surface area contributed by atoms with Crippen molar-refractivity contribution in [2.45, 2.75) is 33.2 Å². The van der Waals surface area contributed by atoms with E-state index in [9.17, 15) is 14.7 Å². The van der Waals surface area contributed by atoms with Crippen LogP contribution in [0.2, 0.25) is 0 Å². The maximum atomic E-state index is 11.6. The van der Waals surface area contributed by atoms with E-state index in [-0.39, 0.29) is 12.1 Å². The number of hydrogen-bond acceptors (Lipinski definition) is 6. The Kier molecular flexibility index (Phi) is 4.10. The van der Waals surface area contributed by atoms with Crippen LogP contribution in [-0.2, 0) is 11.3 Å². The van der Waals surface area contributed by atoms with Gasteiger partial charge in [-0.15, -0.1) is 5.10 Å². The molecule has 112 valence electrons. The highest BCUT2D eigenvalue weighted by atomic mass is 16.4. The summed E-state index contributed by atoms with van der Waals surface area (Å²) in [5.74, 6) is -0.567. The van der Waals surface area contributed by atoms with Gasteiger partial charge < -0.3 is 5.11 Å². The molecular weight excluding hydrogens is 276 g/mol. The SMILES string of the molecule is CCC(CC)(Cn1nnnc1-c1ccc(=O)[nH]n1)C(=O)O. The predicted molar refractivity (Wildman–Crippen MR) is 72.3 cm³/mol. The first-order valence-electron chi connectivity index (χ1n) is 6.58. The first-order chi connectivity index (χ1) is 10.0. The first kappa shape index (κ1) is 14.8. The quantitative estimate of drug-likeness (QED) is 0.784. The second-order valence-electron chi connectivity index (χ2n) is 4.76. The summed E-state index contributed by atoms with van der Waals surface area (Å²) in [4.78, 5) is 22.6. The van der Waals surface area contributed by atoms with E-state index in [1.54, 1.807) is 0 Å². The van der Waals surface area contributed by atoms with Crippen LogP contribution in [0.3, 0.4) is 0 Å². The summed E-state index contributed by atoms with van der Waals surface area (Å²) in [6.07, 6.45) is 0.911. The fraction of sp³-hybridized carbons (Fsp3) is 0.500. The first-order valence-corrected chi connectivity index (χ1v) is 6.58. The highest BCUT2D eigenvalue weighted by molar-refractivity contribution is 5.74. The van der Waals surface area contributed by atoms with Crippen LogP contribution in [0, 0.1) is 5.41 Å². The molecule has 0 fully saturated rings. The molecule has 0 aliphatic carbocycles. The minimum Gasteiger partial charge on any atom is -0.481 e. The zero-order valence-corrected chi connectivity index (χ0v) is 11.8. The van der Waals surface area contributed by atoms with E-state index >= 15 is 0 Å². The molecule has 0 amide bonds. The highest BCUT2D eigenvalue weighted by Crippen LogP contribution is 2.29. The molecule has 0 aliphatic heterocycles. The largest absolute Gasteiger partial charge is 0.481 e. The van der Waals surface area contributed by atoms with Gasteiger partial charge in [-0.3, -0.25) is 9.59 Å². The zero-order valence-electron chi connectivity index (χ0n) is 11.8. The summed E-state index contributed by atoms with van der Waals surface area (Å²) in [7, 11) is 0. The Hall–Kier alpha value is -2.58. The van der Waals surface area contributed by atoms with E-state index in [1.807, 2.05) is 13.8 Å². The van der Waals surface area contributed by atoms with Crippen molar-refractivity contribution in [2.24, 2.45) is 5.41 Å². The second kappa shape index (κ2) is 5.81. The number of rotatable bonds is 6. The smallest absolute Gasteiger partial charge is 0.311 e. The fourth-order valence-electron chi connectivity index (χ4n) is 2.09. The summed E-state index contributed by atoms with van der Waals surface area (Å²) >= 11 is 0. The monoisotopic (exact) mass is 292 g/mol. The van der Waals surface area contributed by atoms with Crippen LogP contribution in [-0.4, -0.2) is 41.5 Å². The number of nitrogens with one attached hydrogen (secondary N) is 1. The number of carboxylic acid groups (broad SMARTS) is 1. The number of tetrazole rings is 1. The normalized spacial score (nSPS) is 11.5. The third-order valence-corrected chi connectivity index (χ3v) is 3.70. The highest BCUT2D eigenvalue weighted by Gasteiger charge is 2.36. The maximum Gasteiger partial charge on any atom is 0.311 e. The maximum absolute atomic E-state index is 11.6. The van der Waals surface area contributed by atoms with Gasteiger partial charge in [-0.05, 0) is 29.3 Å².